The van der Waals surface area contributed by atoms with Crippen LogP contribution in [0, 0.1) is 0 Å². The molecule has 2 nitrogen and oxygen atoms in total. The zero-order valence-corrected chi connectivity index (χ0v) is 5.89. The fraction of sp³-hybridized carbons (Fsp3) is 0.714. The molecule has 0 amide bonds. The van der Waals surface area contributed by atoms with Crippen LogP contribution in [0.25, 0.3) is 0 Å². The van der Waals surface area contributed by atoms with Gasteiger partial charge < -0.3 is 9.47 Å². The summed E-state index contributed by atoms with van der Waals surface area (Å²) < 4.78 is 10.6. The van der Waals surface area contributed by atoms with Crippen molar-refractivity contribution in [2.45, 2.75) is 19.6 Å². The Kier molecular flexibility index (Phi) is 1.88. The maximum Gasteiger partial charge on any atom is 0.163 e. The summed E-state index contributed by atoms with van der Waals surface area (Å²) in [6.07, 6.45) is 3.93. The van der Waals surface area contributed by atoms with Crippen LogP contribution < -0.4 is 0 Å². The van der Waals surface area contributed by atoms with Crippen LogP contribution in [0.1, 0.15) is 13.8 Å². The Morgan fingerprint density at radius 1 is 1.11 bits per heavy atom. The van der Waals surface area contributed by atoms with Crippen LogP contribution in [0.2, 0.25) is 0 Å². The molecule has 0 aromatic carbocycles. The van der Waals surface area contributed by atoms with E-state index in [1.165, 1.54) is 0 Å². The lowest BCUT2D eigenvalue weighted by atomic mass is 10.4. The minimum atomic E-state index is -0.399. The molecule has 1 aliphatic heterocycles. The highest BCUT2D eigenvalue weighted by atomic mass is 16.7. The maximum absolute atomic E-state index is 5.28. The molecule has 1 heterocycles. The molecule has 0 atom stereocenters. The molecule has 0 saturated carbocycles. The van der Waals surface area contributed by atoms with Crippen LogP contribution >= 0.6 is 0 Å². The summed E-state index contributed by atoms with van der Waals surface area (Å²) in [5, 5.41) is 0. The lowest BCUT2D eigenvalue weighted by molar-refractivity contribution is -0.195. The van der Waals surface area contributed by atoms with E-state index in [2.05, 4.69) is 0 Å². The van der Waals surface area contributed by atoms with Crippen molar-refractivity contribution in [3.8, 4) is 0 Å². The van der Waals surface area contributed by atoms with Gasteiger partial charge in [-0.15, -0.1) is 0 Å². The fourth-order valence-corrected chi connectivity index (χ4v) is 0.675. The summed E-state index contributed by atoms with van der Waals surface area (Å²) in [5.41, 5.74) is 0. The van der Waals surface area contributed by atoms with Gasteiger partial charge in [0.1, 0.15) is 0 Å². The van der Waals surface area contributed by atoms with Gasteiger partial charge in [0.05, 0.1) is 13.2 Å². The van der Waals surface area contributed by atoms with Gasteiger partial charge in [-0.1, -0.05) is 12.2 Å². The molecular formula is C7H12O2. The number of hydrogen-bond donors (Lipinski definition) is 0. The van der Waals surface area contributed by atoms with Crippen molar-refractivity contribution in [3.63, 3.8) is 0 Å². The van der Waals surface area contributed by atoms with Gasteiger partial charge in [0.2, 0.25) is 0 Å². The average molecular weight is 128 g/mol. The average Bonchev–Trinajstić information content (AvgIpc) is 1.92. The summed E-state index contributed by atoms with van der Waals surface area (Å²) in [4.78, 5) is 0. The number of ether oxygens (including phenoxy) is 2. The summed E-state index contributed by atoms with van der Waals surface area (Å²) in [5.74, 6) is -0.399. The second-order valence-corrected chi connectivity index (χ2v) is 2.49. The van der Waals surface area contributed by atoms with Crippen molar-refractivity contribution < 1.29 is 9.47 Å². The molecule has 0 aliphatic carbocycles. The van der Waals surface area contributed by atoms with Crippen LogP contribution in [0.4, 0.5) is 0 Å². The molecule has 2 heteroatoms. The number of hydrogen-bond acceptors (Lipinski definition) is 2. The standard InChI is InChI=1S/C7H12O2/c1-7(2)8-5-3-4-6-9-7/h3-4H,5-6H2,1-2H3. The van der Waals surface area contributed by atoms with Gasteiger partial charge in [-0.05, 0) is 13.8 Å². The molecule has 0 radical (unpaired) electrons. The SMILES string of the molecule is CC1(C)OCC=CCO1. The molecular weight excluding hydrogens is 116 g/mol. The Bertz CT molecular complexity index is 104. The molecule has 1 aliphatic rings. The Hall–Kier alpha value is -0.340. The van der Waals surface area contributed by atoms with Crippen molar-refractivity contribution >= 4 is 0 Å². The van der Waals surface area contributed by atoms with Crippen molar-refractivity contribution in [1.29, 1.82) is 0 Å². The monoisotopic (exact) mass is 128 g/mol. The van der Waals surface area contributed by atoms with E-state index in [0.29, 0.717) is 13.2 Å². The van der Waals surface area contributed by atoms with Crippen molar-refractivity contribution in [2.24, 2.45) is 0 Å². The van der Waals surface area contributed by atoms with Crippen LogP contribution in [0.5, 0.6) is 0 Å². The Balaban J connectivity index is 2.44. The first kappa shape index (κ1) is 6.78. The molecule has 52 valence electrons. The van der Waals surface area contributed by atoms with E-state index in [4.69, 9.17) is 9.47 Å². The van der Waals surface area contributed by atoms with E-state index in [9.17, 15) is 0 Å². The minimum Gasteiger partial charge on any atom is -0.346 e. The third-order valence-electron chi connectivity index (χ3n) is 1.22. The van der Waals surface area contributed by atoms with E-state index in [1.54, 1.807) is 0 Å². The second-order valence-electron chi connectivity index (χ2n) is 2.49. The van der Waals surface area contributed by atoms with Gasteiger partial charge in [0, 0.05) is 0 Å². The van der Waals surface area contributed by atoms with Gasteiger partial charge in [-0.25, -0.2) is 0 Å². The third-order valence-corrected chi connectivity index (χ3v) is 1.22. The molecule has 0 N–H and O–H groups in total. The van der Waals surface area contributed by atoms with Gasteiger partial charge in [0.25, 0.3) is 0 Å². The molecule has 9 heavy (non-hydrogen) atoms. The summed E-state index contributed by atoms with van der Waals surface area (Å²) >= 11 is 0. The van der Waals surface area contributed by atoms with Crippen LogP contribution in [-0.4, -0.2) is 19.0 Å². The van der Waals surface area contributed by atoms with Crippen molar-refractivity contribution in [2.75, 3.05) is 13.2 Å². The lowest BCUT2D eigenvalue weighted by Gasteiger charge is -2.22. The van der Waals surface area contributed by atoms with E-state index in [0.717, 1.165) is 0 Å². The van der Waals surface area contributed by atoms with E-state index >= 15 is 0 Å². The van der Waals surface area contributed by atoms with Crippen LogP contribution in [0.3, 0.4) is 0 Å². The second kappa shape index (κ2) is 2.50. The first-order valence-electron chi connectivity index (χ1n) is 3.14. The van der Waals surface area contributed by atoms with Crippen molar-refractivity contribution in [3.05, 3.63) is 12.2 Å². The summed E-state index contributed by atoms with van der Waals surface area (Å²) in [6.45, 7) is 5.15. The highest BCUT2D eigenvalue weighted by Gasteiger charge is 2.18. The summed E-state index contributed by atoms with van der Waals surface area (Å²) in [6, 6.07) is 0. The zero-order chi connectivity index (χ0) is 6.74. The third kappa shape index (κ3) is 2.16. The topological polar surface area (TPSA) is 18.5 Å². The molecule has 0 unspecified atom stereocenters. The molecule has 0 aromatic rings. The first-order valence-corrected chi connectivity index (χ1v) is 3.14. The highest BCUT2D eigenvalue weighted by Crippen LogP contribution is 2.12. The quantitative estimate of drug-likeness (QED) is 0.458. The Morgan fingerprint density at radius 3 is 2.00 bits per heavy atom. The van der Waals surface area contributed by atoms with E-state index < -0.39 is 5.79 Å². The molecule has 1 rings (SSSR count). The van der Waals surface area contributed by atoms with Gasteiger partial charge in [0.15, 0.2) is 5.79 Å². The Morgan fingerprint density at radius 2 is 1.56 bits per heavy atom. The van der Waals surface area contributed by atoms with Crippen molar-refractivity contribution in [1.82, 2.24) is 0 Å². The predicted octanol–water partition coefficient (Wildman–Crippen LogP) is 1.33. The molecule has 0 aromatic heterocycles. The predicted molar refractivity (Wildman–Crippen MR) is 35.1 cm³/mol. The molecule has 0 bridgehead atoms. The fourth-order valence-electron chi connectivity index (χ4n) is 0.675. The smallest absolute Gasteiger partial charge is 0.163 e. The zero-order valence-electron chi connectivity index (χ0n) is 5.89. The largest absolute Gasteiger partial charge is 0.346 e. The normalized spacial score (nSPS) is 25.6. The molecule has 0 fully saturated rings. The summed E-state index contributed by atoms with van der Waals surface area (Å²) in [7, 11) is 0. The Labute approximate surface area is 55.5 Å². The minimum absolute atomic E-state index is 0.399. The van der Waals surface area contributed by atoms with Gasteiger partial charge >= 0.3 is 0 Å². The number of rotatable bonds is 0. The molecule has 0 spiro atoms. The van der Waals surface area contributed by atoms with Crippen LogP contribution in [-0.2, 0) is 9.47 Å². The highest BCUT2D eigenvalue weighted by molar-refractivity contribution is 4.84. The van der Waals surface area contributed by atoms with Crippen LogP contribution in [0.15, 0.2) is 12.2 Å². The van der Waals surface area contributed by atoms with Gasteiger partial charge in [-0.2, -0.15) is 0 Å². The van der Waals surface area contributed by atoms with E-state index in [-0.39, 0.29) is 0 Å². The van der Waals surface area contributed by atoms with Gasteiger partial charge in [-0.3, -0.25) is 0 Å². The lowest BCUT2D eigenvalue weighted by Crippen LogP contribution is -2.26. The maximum atomic E-state index is 5.28. The van der Waals surface area contributed by atoms with E-state index in [1.807, 2.05) is 26.0 Å². The molecule has 0 saturated heterocycles. The first-order chi connectivity index (χ1) is 4.21.